The van der Waals surface area contributed by atoms with Crippen molar-refractivity contribution in [1.82, 2.24) is 5.32 Å². The number of hydrogen-bond donors (Lipinski definition) is 1. The largest absolute Gasteiger partial charge is 0.459 e. The fourth-order valence-corrected chi connectivity index (χ4v) is 0.820. The van der Waals surface area contributed by atoms with Crippen LogP contribution in [0.2, 0.25) is 0 Å². The molecule has 0 aliphatic heterocycles. The first-order valence-corrected chi connectivity index (χ1v) is 4.71. The molecular weight excluding hydrogens is 197 g/mol. The van der Waals surface area contributed by atoms with E-state index in [4.69, 9.17) is 4.74 Å². The van der Waals surface area contributed by atoms with Crippen LogP contribution in [-0.2, 0) is 9.53 Å². The third-order valence-electron chi connectivity index (χ3n) is 1.46. The first-order chi connectivity index (χ1) is 6.76. The summed E-state index contributed by atoms with van der Waals surface area (Å²) < 4.78 is 17.9. The number of hydrogen-bond acceptors (Lipinski definition) is 3. The molecule has 0 aromatic heterocycles. The van der Waals surface area contributed by atoms with Crippen LogP contribution in [0.25, 0.3) is 0 Å². The molecule has 0 unspecified atom stereocenters. The van der Waals surface area contributed by atoms with E-state index >= 15 is 0 Å². The number of rotatable bonds is 4. The Morgan fingerprint density at radius 1 is 1.53 bits per heavy atom. The Labute approximate surface area is 90.0 Å². The summed E-state index contributed by atoms with van der Waals surface area (Å²) in [5, 5.41) is 2.61. The Morgan fingerprint density at radius 3 is 2.47 bits per heavy atom. The summed E-state index contributed by atoms with van der Waals surface area (Å²) >= 11 is 0. The van der Waals surface area contributed by atoms with Gasteiger partial charge in [0.1, 0.15) is 18.0 Å². The molecule has 0 aliphatic carbocycles. The maximum Gasteiger partial charge on any atom is 0.325 e. The minimum Gasteiger partial charge on any atom is -0.459 e. The zero-order valence-corrected chi connectivity index (χ0v) is 9.69. The predicted octanol–water partition coefficient (Wildman–Crippen LogP) is 2.30. The highest BCUT2D eigenvalue weighted by atomic mass is 19.1. The molecule has 0 saturated carbocycles. The molecule has 0 aliphatic rings. The van der Waals surface area contributed by atoms with Crippen LogP contribution in [0.1, 0.15) is 27.7 Å². The van der Waals surface area contributed by atoms with E-state index in [1.54, 1.807) is 20.8 Å². The van der Waals surface area contributed by atoms with Crippen LogP contribution in [0.4, 0.5) is 4.39 Å². The molecule has 0 aromatic rings. The van der Waals surface area contributed by atoms with Crippen molar-refractivity contribution >= 4 is 5.97 Å². The summed E-state index contributed by atoms with van der Waals surface area (Å²) in [7, 11) is 0. The fourth-order valence-electron chi connectivity index (χ4n) is 0.820. The van der Waals surface area contributed by atoms with Crippen molar-refractivity contribution in [3.05, 3.63) is 24.2 Å². The summed E-state index contributed by atoms with van der Waals surface area (Å²) in [5.41, 5.74) is -0.247. The highest BCUT2D eigenvalue weighted by molar-refractivity contribution is 5.72. The Bertz CT molecular complexity index is 277. The van der Waals surface area contributed by atoms with E-state index in [1.165, 1.54) is 6.92 Å². The Kier molecular flexibility index (Phi) is 5.05. The minimum absolute atomic E-state index is 0.0512. The minimum atomic E-state index is -0.520. The number of carbonyl (C=O) groups is 1. The van der Waals surface area contributed by atoms with Crippen LogP contribution in [0.3, 0.4) is 0 Å². The monoisotopic (exact) mass is 215 g/mol. The molecule has 1 N–H and O–H groups in total. The van der Waals surface area contributed by atoms with Crippen LogP contribution in [-0.4, -0.2) is 18.1 Å². The van der Waals surface area contributed by atoms with Gasteiger partial charge in [-0.3, -0.25) is 4.79 Å². The Morgan fingerprint density at radius 2 is 2.07 bits per heavy atom. The topological polar surface area (TPSA) is 38.3 Å². The third kappa shape index (κ3) is 6.71. The first-order valence-electron chi connectivity index (χ1n) is 4.71. The smallest absolute Gasteiger partial charge is 0.325 e. The van der Waals surface area contributed by atoms with Gasteiger partial charge in [-0.2, -0.15) is 0 Å². The molecule has 0 bridgehead atoms. The second kappa shape index (κ2) is 5.53. The molecular formula is C11H18FNO2. The molecule has 0 aromatic carbocycles. The molecule has 3 nitrogen and oxygen atoms in total. The molecule has 15 heavy (non-hydrogen) atoms. The lowest BCUT2D eigenvalue weighted by Crippen LogP contribution is -2.31. The lowest BCUT2D eigenvalue weighted by molar-refractivity contribution is -0.153. The van der Waals surface area contributed by atoms with Crippen LogP contribution < -0.4 is 5.32 Å². The molecule has 0 radical (unpaired) electrons. The third-order valence-corrected chi connectivity index (χ3v) is 1.46. The van der Waals surface area contributed by atoms with Crippen LogP contribution in [0.15, 0.2) is 24.2 Å². The van der Waals surface area contributed by atoms with Gasteiger partial charge in [-0.05, 0) is 33.8 Å². The quantitative estimate of drug-likeness (QED) is 0.577. The van der Waals surface area contributed by atoms with Gasteiger partial charge in [-0.15, -0.1) is 0 Å². The summed E-state index contributed by atoms with van der Waals surface area (Å²) in [5.74, 6) is -0.891. The highest BCUT2D eigenvalue weighted by Crippen LogP contribution is 2.07. The SMILES string of the molecule is C=C/C(F)=C(\C)NCC(=O)OC(C)(C)C. The molecule has 0 saturated heterocycles. The van der Waals surface area contributed by atoms with Crippen molar-refractivity contribution in [1.29, 1.82) is 0 Å². The number of carbonyl (C=O) groups excluding carboxylic acids is 1. The lowest BCUT2D eigenvalue weighted by Gasteiger charge is -2.19. The molecule has 0 spiro atoms. The molecule has 0 heterocycles. The number of allylic oxidation sites excluding steroid dienone is 3. The molecule has 0 amide bonds. The van der Waals surface area contributed by atoms with Crippen molar-refractivity contribution in [2.45, 2.75) is 33.3 Å². The van der Waals surface area contributed by atoms with E-state index in [0.29, 0.717) is 0 Å². The van der Waals surface area contributed by atoms with Crippen molar-refractivity contribution in [3.63, 3.8) is 0 Å². The standard InChI is InChI=1S/C11H18FNO2/c1-6-9(12)8(2)13-7-10(14)15-11(3,4)5/h6,13H,1,7H2,2-5H3/b9-8-. The van der Waals surface area contributed by atoms with Crippen LogP contribution >= 0.6 is 0 Å². The van der Waals surface area contributed by atoms with Crippen molar-refractivity contribution in [3.8, 4) is 0 Å². The van der Waals surface area contributed by atoms with Gasteiger partial charge in [-0.1, -0.05) is 6.58 Å². The Hall–Kier alpha value is -1.32. The maximum atomic E-state index is 12.9. The van der Waals surface area contributed by atoms with E-state index in [2.05, 4.69) is 11.9 Å². The molecule has 0 atom stereocenters. The fraction of sp³-hybridized carbons (Fsp3) is 0.545. The number of ether oxygens (including phenoxy) is 1. The van der Waals surface area contributed by atoms with Crippen LogP contribution in [0.5, 0.6) is 0 Å². The van der Waals surface area contributed by atoms with Crippen molar-refractivity contribution in [2.75, 3.05) is 6.54 Å². The molecule has 4 heteroatoms. The van der Waals surface area contributed by atoms with E-state index in [0.717, 1.165) is 6.08 Å². The van der Waals surface area contributed by atoms with Gasteiger partial charge >= 0.3 is 5.97 Å². The summed E-state index contributed by atoms with van der Waals surface area (Å²) in [4.78, 5) is 11.2. The average molecular weight is 215 g/mol. The van der Waals surface area contributed by atoms with E-state index < -0.39 is 17.4 Å². The number of halogens is 1. The summed E-state index contributed by atoms with van der Waals surface area (Å²) in [6, 6.07) is 0. The van der Waals surface area contributed by atoms with E-state index in [-0.39, 0.29) is 12.2 Å². The predicted molar refractivity (Wildman–Crippen MR) is 57.9 cm³/mol. The normalized spacial score (nSPS) is 12.9. The van der Waals surface area contributed by atoms with Gasteiger partial charge in [-0.25, -0.2) is 4.39 Å². The first kappa shape index (κ1) is 13.7. The van der Waals surface area contributed by atoms with Crippen LogP contribution in [0, 0.1) is 0 Å². The summed E-state index contributed by atoms with van der Waals surface area (Å²) in [6.07, 6.45) is 1.08. The highest BCUT2D eigenvalue weighted by Gasteiger charge is 2.15. The van der Waals surface area contributed by atoms with Gasteiger partial charge in [0, 0.05) is 5.70 Å². The van der Waals surface area contributed by atoms with Gasteiger partial charge < -0.3 is 10.1 Å². The second-order valence-electron chi connectivity index (χ2n) is 4.12. The van der Waals surface area contributed by atoms with E-state index in [9.17, 15) is 9.18 Å². The second-order valence-corrected chi connectivity index (χ2v) is 4.12. The number of nitrogens with one attached hydrogen (secondary N) is 1. The van der Waals surface area contributed by atoms with Crippen molar-refractivity contribution < 1.29 is 13.9 Å². The average Bonchev–Trinajstić information content (AvgIpc) is 2.10. The van der Waals surface area contributed by atoms with Gasteiger partial charge in [0.05, 0.1) is 0 Å². The van der Waals surface area contributed by atoms with Gasteiger partial charge in [0.25, 0.3) is 0 Å². The maximum absolute atomic E-state index is 12.9. The lowest BCUT2D eigenvalue weighted by atomic mass is 10.2. The Balaban J connectivity index is 4.08. The summed E-state index contributed by atoms with van der Waals surface area (Å²) in [6.45, 7) is 10.1. The molecule has 86 valence electrons. The van der Waals surface area contributed by atoms with Crippen molar-refractivity contribution in [2.24, 2.45) is 0 Å². The zero-order valence-electron chi connectivity index (χ0n) is 9.69. The molecule has 0 fully saturated rings. The molecule has 0 rings (SSSR count). The van der Waals surface area contributed by atoms with E-state index in [1.807, 2.05) is 0 Å². The van der Waals surface area contributed by atoms with Gasteiger partial charge in [0.2, 0.25) is 0 Å². The number of esters is 1. The zero-order chi connectivity index (χ0) is 12.1. The van der Waals surface area contributed by atoms with Gasteiger partial charge in [0.15, 0.2) is 0 Å².